The van der Waals surface area contributed by atoms with Gasteiger partial charge in [-0.05, 0) is 74.9 Å². The van der Waals surface area contributed by atoms with Gasteiger partial charge >= 0.3 is 6.03 Å². The molecule has 4 aromatic rings. The summed E-state index contributed by atoms with van der Waals surface area (Å²) in [6.07, 6.45) is 1.00. The van der Waals surface area contributed by atoms with E-state index in [0.29, 0.717) is 32.3 Å². The summed E-state index contributed by atoms with van der Waals surface area (Å²) in [4.78, 5) is 31.1. The minimum absolute atomic E-state index is 0.162. The lowest BCUT2D eigenvalue weighted by Gasteiger charge is -2.13. The molecular formula is C24H25N5O3S2. The van der Waals surface area contributed by atoms with Crippen molar-refractivity contribution in [3.63, 3.8) is 0 Å². The van der Waals surface area contributed by atoms with Crippen LogP contribution in [0.25, 0.3) is 16.6 Å². The summed E-state index contributed by atoms with van der Waals surface area (Å²) in [6, 6.07) is 15.4. The Kier molecular flexibility index (Phi) is 7.09. The van der Waals surface area contributed by atoms with Gasteiger partial charge in [0.15, 0.2) is 11.0 Å². The van der Waals surface area contributed by atoms with Crippen LogP contribution in [0.2, 0.25) is 0 Å². The van der Waals surface area contributed by atoms with E-state index in [4.69, 9.17) is 0 Å². The number of nitrogens with one attached hydrogen (secondary N) is 3. The van der Waals surface area contributed by atoms with E-state index in [0.717, 1.165) is 23.5 Å². The minimum Gasteiger partial charge on any atom is -0.385 e. The second-order valence-corrected chi connectivity index (χ2v) is 10.4. The molecule has 34 heavy (non-hydrogen) atoms. The predicted molar refractivity (Wildman–Crippen MR) is 138 cm³/mol. The second-order valence-electron chi connectivity index (χ2n) is 7.70. The SMILES string of the molecule is CCCNc1ccc2c(=O)n(-c3ccc(NC(=O)NS(=O)c4ccc(C)s4)cc3)c(C)nc2c1. The van der Waals surface area contributed by atoms with E-state index in [-0.39, 0.29) is 5.56 Å². The number of carbonyl (C=O) groups excluding carboxylic acids is 1. The Bertz CT molecular complexity index is 1430. The van der Waals surface area contributed by atoms with Crippen LogP contribution in [0.4, 0.5) is 16.2 Å². The lowest BCUT2D eigenvalue weighted by molar-refractivity contribution is 0.257. The number of hydrogen-bond acceptors (Lipinski definition) is 6. The molecule has 4 rings (SSSR count). The van der Waals surface area contributed by atoms with E-state index in [1.807, 2.05) is 25.1 Å². The summed E-state index contributed by atoms with van der Waals surface area (Å²) >= 11 is 1.37. The minimum atomic E-state index is -1.63. The molecule has 1 unspecified atom stereocenters. The van der Waals surface area contributed by atoms with Gasteiger partial charge in [0.05, 0.1) is 16.6 Å². The van der Waals surface area contributed by atoms with Crippen LogP contribution in [0.3, 0.4) is 0 Å². The van der Waals surface area contributed by atoms with Gasteiger partial charge in [-0.1, -0.05) is 6.92 Å². The van der Waals surface area contributed by atoms with Crippen LogP contribution in [-0.2, 0) is 11.0 Å². The standard InChI is InChI=1S/C24H25N5O3S2/c1-4-13-25-18-8-11-20-21(14-18)26-16(3)29(23(20)30)19-9-6-17(7-10-19)27-24(31)28-34(32)22-12-5-15(2)33-22/h5-12,14,25H,4,13H2,1-3H3,(H2,27,28,31). The molecule has 0 radical (unpaired) electrons. The van der Waals surface area contributed by atoms with Gasteiger partial charge in [0.25, 0.3) is 5.56 Å². The van der Waals surface area contributed by atoms with E-state index in [1.54, 1.807) is 47.9 Å². The van der Waals surface area contributed by atoms with Crippen molar-refractivity contribution in [2.24, 2.45) is 0 Å². The Morgan fingerprint density at radius 3 is 2.47 bits per heavy atom. The third-order valence-electron chi connectivity index (χ3n) is 5.08. The molecule has 0 saturated heterocycles. The van der Waals surface area contributed by atoms with Crippen LogP contribution in [0.5, 0.6) is 0 Å². The molecule has 0 spiro atoms. The summed E-state index contributed by atoms with van der Waals surface area (Å²) in [5, 5.41) is 6.50. The number of anilines is 2. The molecule has 2 aromatic heterocycles. The van der Waals surface area contributed by atoms with Gasteiger partial charge in [0.1, 0.15) is 10.0 Å². The van der Waals surface area contributed by atoms with Gasteiger partial charge in [0, 0.05) is 22.8 Å². The molecule has 0 fully saturated rings. The van der Waals surface area contributed by atoms with Gasteiger partial charge in [-0.25, -0.2) is 14.0 Å². The van der Waals surface area contributed by atoms with Crippen LogP contribution >= 0.6 is 11.3 Å². The number of aromatic nitrogens is 2. The zero-order chi connectivity index (χ0) is 24.2. The van der Waals surface area contributed by atoms with Crippen LogP contribution in [0.15, 0.2) is 63.6 Å². The molecule has 0 bridgehead atoms. The zero-order valence-electron chi connectivity index (χ0n) is 19.0. The molecule has 3 N–H and O–H groups in total. The molecule has 0 aliphatic carbocycles. The highest BCUT2D eigenvalue weighted by Gasteiger charge is 2.13. The monoisotopic (exact) mass is 495 g/mol. The number of aryl methyl sites for hydroxylation is 2. The largest absolute Gasteiger partial charge is 0.385 e. The van der Waals surface area contributed by atoms with Crippen molar-refractivity contribution >= 4 is 50.6 Å². The first kappa shape index (κ1) is 23.7. The molecule has 0 aliphatic heterocycles. The highest BCUT2D eigenvalue weighted by molar-refractivity contribution is 7.86. The molecule has 0 aliphatic rings. The maximum absolute atomic E-state index is 13.2. The smallest absolute Gasteiger partial charge is 0.331 e. The first-order chi connectivity index (χ1) is 16.4. The van der Waals surface area contributed by atoms with Crippen molar-refractivity contribution in [3.05, 3.63) is 75.7 Å². The average molecular weight is 496 g/mol. The lowest BCUT2D eigenvalue weighted by Crippen LogP contribution is -2.30. The number of amides is 2. The number of nitrogens with zero attached hydrogens (tertiary/aromatic N) is 2. The first-order valence-electron chi connectivity index (χ1n) is 10.8. The Morgan fingerprint density at radius 1 is 1.06 bits per heavy atom. The number of rotatable bonds is 7. The van der Waals surface area contributed by atoms with Crippen molar-refractivity contribution < 1.29 is 9.00 Å². The number of urea groups is 1. The third-order valence-corrected chi connectivity index (χ3v) is 7.46. The van der Waals surface area contributed by atoms with Crippen molar-refractivity contribution in [1.82, 2.24) is 14.3 Å². The Balaban J connectivity index is 1.51. The summed E-state index contributed by atoms with van der Waals surface area (Å²) in [5.74, 6) is 0.560. The summed E-state index contributed by atoms with van der Waals surface area (Å²) < 4.78 is 16.8. The van der Waals surface area contributed by atoms with E-state index in [1.165, 1.54) is 11.3 Å². The number of benzene rings is 2. The zero-order valence-corrected chi connectivity index (χ0v) is 20.7. The van der Waals surface area contributed by atoms with E-state index < -0.39 is 17.0 Å². The molecule has 2 heterocycles. The molecule has 2 aromatic carbocycles. The Hall–Kier alpha value is -3.50. The summed E-state index contributed by atoms with van der Waals surface area (Å²) in [7, 11) is -1.63. The van der Waals surface area contributed by atoms with Crippen LogP contribution < -0.4 is 20.9 Å². The fourth-order valence-electron chi connectivity index (χ4n) is 3.48. The quantitative estimate of drug-likeness (QED) is 0.344. The molecule has 0 saturated carbocycles. The van der Waals surface area contributed by atoms with Crippen molar-refractivity contribution in [1.29, 1.82) is 0 Å². The maximum atomic E-state index is 13.2. The van der Waals surface area contributed by atoms with Gasteiger partial charge < -0.3 is 10.6 Å². The van der Waals surface area contributed by atoms with Crippen LogP contribution in [0.1, 0.15) is 24.0 Å². The molecule has 1 atom stereocenters. The van der Waals surface area contributed by atoms with Gasteiger partial charge in [-0.15, -0.1) is 11.3 Å². The number of fused-ring (bicyclic) bond motifs is 1. The third kappa shape index (κ3) is 5.18. The number of hydrogen-bond donors (Lipinski definition) is 3. The molecule has 8 nitrogen and oxygen atoms in total. The van der Waals surface area contributed by atoms with E-state index >= 15 is 0 Å². The fraction of sp³-hybridized carbons (Fsp3) is 0.208. The normalized spacial score (nSPS) is 11.9. The maximum Gasteiger partial charge on any atom is 0.331 e. The Labute approximate surface area is 203 Å². The van der Waals surface area contributed by atoms with E-state index in [9.17, 15) is 13.8 Å². The summed E-state index contributed by atoms with van der Waals surface area (Å²) in [6.45, 7) is 6.64. The predicted octanol–water partition coefficient (Wildman–Crippen LogP) is 4.73. The lowest BCUT2D eigenvalue weighted by atomic mass is 10.2. The van der Waals surface area contributed by atoms with E-state index in [2.05, 4.69) is 27.3 Å². The Morgan fingerprint density at radius 2 is 1.79 bits per heavy atom. The number of carbonyl (C=O) groups is 1. The van der Waals surface area contributed by atoms with Gasteiger partial charge in [-0.2, -0.15) is 0 Å². The van der Waals surface area contributed by atoms with Gasteiger partial charge in [-0.3, -0.25) is 14.1 Å². The van der Waals surface area contributed by atoms with Crippen LogP contribution in [0, 0.1) is 13.8 Å². The van der Waals surface area contributed by atoms with Crippen molar-refractivity contribution in [2.75, 3.05) is 17.2 Å². The van der Waals surface area contributed by atoms with Crippen molar-refractivity contribution in [2.45, 2.75) is 31.4 Å². The molecular weight excluding hydrogens is 470 g/mol. The molecule has 10 heteroatoms. The topological polar surface area (TPSA) is 105 Å². The molecule has 2 amide bonds. The highest BCUT2D eigenvalue weighted by Crippen LogP contribution is 2.20. The average Bonchev–Trinajstić information content (AvgIpc) is 3.25. The second kappa shape index (κ2) is 10.2. The molecule has 176 valence electrons. The highest BCUT2D eigenvalue weighted by atomic mass is 32.2. The summed E-state index contributed by atoms with van der Waals surface area (Å²) in [5.41, 5.74) is 2.55. The number of thiophene rings is 1. The van der Waals surface area contributed by atoms with Crippen molar-refractivity contribution in [3.8, 4) is 5.69 Å². The van der Waals surface area contributed by atoms with Crippen LogP contribution in [-0.4, -0.2) is 26.3 Å². The fourth-order valence-corrected chi connectivity index (χ4v) is 5.40. The van der Waals surface area contributed by atoms with Gasteiger partial charge in [0.2, 0.25) is 0 Å². The first-order valence-corrected chi connectivity index (χ1v) is 12.8.